The van der Waals surface area contributed by atoms with E-state index in [4.69, 9.17) is 9.47 Å². The molecule has 0 spiro atoms. The summed E-state index contributed by atoms with van der Waals surface area (Å²) in [7, 11) is 1.50. The summed E-state index contributed by atoms with van der Waals surface area (Å²) in [4.78, 5) is 19.2. The van der Waals surface area contributed by atoms with Gasteiger partial charge in [0.2, 0.25) is 0 Å². The fraction of sp³-hybridized carbons (Fsp3) is 0.381. The number of alkyl halides is 3. The Labute approximate surface area is 181 Å². The van der Waals surface area contributed by atoms with E-state index in [1.165, 1.54) is 7.11 Å². The Hall–Kier alpha value is -3.18. The third-order valence-electron chi connectivity index (χ3n) is 5.21. The molecule has 1 fully saturated rings. The lowest BCUT2D eigenvalue weighted by Gasteiger charge is -2.26. The lowest BCUT2D eigenvalue weighted by molar-refractivity contribution is -0.142. The lowest BCUT2D eigenvalue weighted by atomic mass is 10.1. The van der Waals surface area contributed by atoms with Crippen LogP contribution in [0.1, 0.15) is 16.1 Å². The highest BCUT2D eigenvalue weighted by atomic mass is 19.4. The molecule has 3 aromatic rings. The number of halogens is 3. The molecule has 1 aliphatic heterocycles. The van der Waals surface area contributed by atoms with Gasteiger partial charge >= 0.3 is 6.18 Å². The Morgan fingerprint density at radius 2 is 1.94 bits per heavy atom. The van der Waals surface area contributed by atoms with Gasteiger partial charge in [0.05, 0.1) is 32.2 Å². The summed E-state index contributed by atoms with van der Waals surface area (Å²) in [5.74, 6) is 0.0383. The van der Waals surface area contributed by atoms with Gasteiger partial charge in [0, 0.05) is 31.7 Å². The van der Waals surface area contributed by atoms with E-state index >= 15 is 0 Å². The first-order valence-corrected chi connectivity index (χ1v) is 10.1. The zero-order valence-electron chi connectivity index (χ0n) is 17.4. The van der Waals surface area contributed by atoms with Crippen molar-refractivity contribution in [2.45, 2.75) is 6.18 Å². The maximum atomic E-state index is 13.7. The molecule has 0 bridgehead atoms. The minimum absolute atomic E-state index is 0.0205. The largest absolute Gasteiger partial charge is 0.497 e. The van der Waals surface area contributed by atoms with Gasteiger partial charge in [-0.2, -0.15) is 18.3 Å². The van der Waals surface area contributed by atoms with Crippen LogP contribution in [0.3, 0.4) is 0 Å². The van der Waals surface area contributed by atoms with Crippen LogP contribution in [0.15, 0.2) is 36.5 Å². The SMILES string of the molecule is COc1ccc(-c2cc(C(F)(F)F)n3ncc(C(=O)NCCN4CCOCC4)c3n2)cc1. The van der Waals surface area contributed by atoms with Crippen molar-refractivity contribution in [3.8, 4) is 17.0 Å². The van der Waals surface area contributed by atoms with Crippen molar-refractivity contribution in [2.75, 3.05) is 46.5 Å². The molecule has 0 radical (unpaired) electrons. The molecule has 0 atom stereocenters. The van der Waals surface area contributed by atoms with E-state index in [0.717, 1.165) is 25.4 Å². The minimum atomic E-state index is -4.68. The van der Waals surface area contributed by atoms with E-state index in [2.05, 4.69) is 20.3 Å². The van der Waals surface area contributed by atoms with Gasteiger partial charge in [-0.1, -0.05) is 0 Å². The van der Waals surface area contributed by atoms with Gasteiger partial charge < -0.3 is 14.8 Å². The Bertz CT molecular complexity index is 1090. The number of carbonyl (C=O) groups is 1. The topological polar surface area (TPSA) is 81.0 Å². The number of hydrogen-bond donors (Lipinski definition) is 1. The first-order chi connectivity index (χ1) is 15.4. The van der Waals surface area contributed by atoms with Crippen molar-refractivity contribution in [1.29, 1.82) is 0 Å². The first-order valence-electron chi connectivity index (χ1n) is 10.1. The van der Waals surface area contributed by atoms with Crippen molar-refractivity contribution < 1.29 is 27.4 Å². The molecular formula is C21H22F3N5O3. The van der Waals surface area contributed by atoms with Gasteiger partial charge in [-0.25, -0.2) is 9.50 Å². The van der Waals surface area contributed by atoms with Gasteiger partial charge in [-0.15, -0.1) is 0 Å². The number of morpholine rings is 1. The number of carbonyl (C=O) groups excluding carboxylic acids is 1. The van der Waals surface area contributed by atoms with Crippen LogP contribution in [0.5, 0.6) is 5.75 Å². The monoisotopic (exact) mass is 449 g/mol. The molecule has 3 heterocycles. The van der Waals surface area contributed by atoms with Crippen LogP contribution in [0.25, 0.3) is 16.9 Å². The van der Waals surface area contributed by atoms with E-state index in [1.54, 1.807) is 24.3 Å². The highest BCUT2D eigenvalue weighted by Gasteiger charge is 2.36. The second-order valence-electron chi connectivity index (χ2n) is 7.26. The molecule has 2 aromatic heterocycles. The number of nitrogens with one attached hydrogen (secondary N) is 1. The lowest BCUT2D eigenvalue weighted by Crippen LogP contribution is -2.41. The Morgan fingerprint density at radius 1 is 1.22 bits per heavy atom. The van der Waals surface area contributed by atoms with Crippen molar-refractivity contribution in [3.05, 3.63) is 47.8 Å². The highest BCUT2D eigenvalue weighted by Crippen LogP contribution is 2.33. The fourth-order valence-corrected chi connectivity index (χ4v) is 3.48. The van der Waals surface area contributed by atoms with E-state index in [1.807, 2.05) is 0 Å². The minimum Gasteiger partial charge on any atom is -0.497 e. The smallest absolute Gasteiger partial charge is 0.433 e. The van der Waals surface area contributed by atoms with Crippen LogP contribution in [-0.4, -0.2) is 71.9 Å². The van der Waals surface area contributed by atoms with Crippen LogP contribution in [0, 0.1) is 0 Å². The summed E-state index contributed by atoms with van der Waals surface area (Å²) in [5, 5.41) is 6.54. The summed E-state index contributed by atoms with van der Waals surface area (Å²) in [6, 6.07) is 7.39. The van der Waals surface area contributed by atoms with E-state index in [-0.39, 0.29) is 16.9 Å². The zero-order valence-corrected chi connectivity index (χ0v) is 17.4. The molecule has 32 heavy (non-hydrogen) atoms. The number of methoxy groups -OCH3 is 1. The standard InChI is InChI=1S/C21H22F3N5O3/c1-31-15-4-2-14(3-5-15)17-12-18(21(22,23)24)29-19(27-17)16(13-26-29)20(30)25-6-7-28-8-10-32-11-9-28/h2-5,12-13H,6-11H2,1H3,(H,25,30). The van der Waals surface area contributed by atoms with Crippen molar-refractivity contribution in [3.63, 3.8) is 0 Å². The normalized spacial score (nSPS) is 15.1. The molecule has 11 heteroatoms. The van der Waals surface area contributed by atoms with Crippen LogP contribution >= 0.6 is 0 Å². The number of benzene rings is 1. The molecular weight excluding hydrogens is 427 g/mol. The van der Waals surface area contributed by atoms with Crippen LogP contribution in [0.2, 0.25) is 0 Å². The number of rotatable bonds is 6. The molecule has 1 N–H and O–H groups in total. The molecule has 170 valence electrons. The molecule has 0 aliphatic carbocycles. The predicted octanol–water partition coefficient (Wildman–Crippen LogP) is 2.49. The fourth-order valence-electron chi connectivity index (χ4n) is 3.48. The number of fused-ring (bicyclic) bond motifs is 1. The first kappa shape index (κ1) is 22.0. The van der Waals surface area contributed by atoms with E-state index in [9.17, 15) is 18.0 Å². The van der Waals surface area contributed by atoms with Gasteiger partial charge in [0.1, 0.15) is 11.3 Å². The Kier molecular flexibility index (Phi) is 6.28. The second kappa shape index (κ2) is 9.13. The quantitative estimate of drug-likeness (QED) is 0.623. The van der Waals surface area contributed by atoms with Gasteiger partial charge in [0.25, 0.3) is 5.91 Å². The maximum Gasteiger partial charge on any atom is 0.433 e. The van der Waals surface area contributed by atoms with Crippen molar-refractivity contribution in [2.24, 2.45) is 0 Å². The molecule has 1 saturated heterocycles. The van der Waals surface area contributed by atoms with Gasteiger partial charge in [-0.3, -0.25) is 9.69 Å². The van der Waals surface area contributed by atoms with Gasteiger partial charge in [0.15, 0.2) is 11.3 Å². The van der Waals surface area contributed by atoms with E-state index in [0.29, 0.717) is 42.1 Å². The third kappa shape index (κ3) is 4.68. The number of nitrogens with zero attached hydrogens (tertiary/aromatic N) is 4. The average molecular weight is 449 g/mol. The summed E-state index contributed by atoms with van der Waals surface area (Å²) >= 11 is 0. The predicted molar refractivity (Wildman–Crippen MR) is 110 cm³/mol. The van der Waals surface area contributed by atoms with Crippen LogP contribution in [-0.2, 0) is 10.9 Å². The second-order valence-corrected chi connectivity index (χ2v) is 7.26. The molecule has 1 aromatic carbocycles. The number of amides is 1. The molecule has 0 saturated carbocycles. The molecule has 4 rings (SSSR count). The summed E-state index contributed by atoms with van der Waals surface area (Å²) in [5.41, 5.74) is -0.656. The molecule has 1 aliphatic rings. The Balaban J connectivity index is 1.63. The van der Waals surface area contributed by atoms with Gasteiger partial charge in [-0.05, 0) is 30.3 Å². The molecule has 1 amide bonds. The van der Waals surface area contributed by atoms with E-state index < -0.39 is 17.8 Å². The number of hydrogen-bond acceptors (Lipinski definition) is 6. The molecule has 8 nitrogen and oxygen atoms in total. The summed E-state index contributed by atoms with van der Waals surface area (Å²) < 4.78 is 52.2. The average Bonchev–Trinajstić information content (AvgIpc) is 3.22. The third-order valence-corrected chi connectivity index (χ3v) is 5.21. The number of aromatic nitrogens is 3. The summed E-state index contributed by atoms with van der Waals surface area (Å²) in [6.45, 7) is 3.79. The van der Waals surface area contributed by atoms with Crippen molar-refractivity contribution in [1.82, 2.24) is 24.8 Å². The zero-order chi connectivity index (χ0) is 22.7. The van der Waals surface area contributed by atoms with Crippen LogP contribution < -0.4 is 10.1 Å². The highest BCUT2D eigenvalue weighted by molar-refractivity contribution is 5.99. The maximum absolute atomic E-state index is 13.7. The Morgan fingerprint density at radius 3 is 2.59 bits per heavy atom. The molecule has 0 unspecified atom stereocenters. The van der Waals surface area contributed by atoms with Crippen LogP contribution in [0.4, 0.5) is 13.2 Å². The van der Waals surface area contributed by atoms with Crippen molar-refractivity contribution >= 4 is 11.6 Å². The number of ether oxygens (including phenoxy) is 2. The summed E-state index contributed by atoms with van der Waals surface area (Å²) in [6.07, 6.45) is -3.57.